The summed E-state index contributed by atoms with van der Waals surface area (Å²) >= 11 is 0. The first-order chi connectivity index (χ1) is 10.1. The largest absolute Gasteiger partial charge is 0.481 e. The minimum absolute atomic E-state index is 0.0199. The van der Waals surface area contributed by atoms with Crippen LogP contribution in [0.3, 0.4) is 0 Å². The van der Waals surface area contributed by atoms with Gasteiger partial charge in [-0.15, -0.1) is 0 Å². The summed E-state index contributed by atoms with van der Waals surface area (Å²) in [6, 6.07) is 5.79. The third kappa shape index (κ3) is 4.53. The molecule has 0 unspecified atom stereocenters. The summed E-state index contributed by atoms with van der Waals surface area (Å²) in [7, 11) is 0. The third-order valence-electron chi connectivity index (χ3n) is 3.73. The first-order valence-electron chi connectivity index (χ1n) is 7.20. The molecular weight excluding hydrogens is 270 g/mol. The molecule has 1 fully saturated rings. The standard InChI is InChI=1S/C15H21N3O3/c1-11-3-2-4-13(17-11)9-16-10-14(19)18-7-5-12(6-8-18)15(20)21/h2-4,12,16H,5-10H2,1H3,(H,20,21). The molecule has 0 spiro atoms. The van der Waals surface area contributed by atoms with Crippen molar-refractivity contribution in [3.63, 3.8) is 0 Å². The van der Waals surface area contributed by atoms with Gasteiger partial charge in [0.25, 0.3) is 0 Å². The van der Waals surface area contributed by atoms with Crippen LogP contribution in [0, 0.1) is 12.8 Å². The number of aliphatic carboxylic acids is 1. The summed E-state index contributed by atoms with van der Waals surface area (Å²) in [6.45, 7) is 3.80. The van der Waals surface area contributed by atoms with Gasteiger partial charge in [0.1, 0.15) is 0 Å². The molecule has 0 radical (unpaired) electrons. The quantitative estimate of drug-likeness (QED) is 0.838. The maximum atomic E-state index is 12.0. The zero-order valence-corrected chi connectivity index (χ0v) is 12.2. The van der Waals surface area contributed by atoms with Gasteiger partial charge in [-0.1, -0.05) is 6.07 Å². The van der Waals surface area contributed by atoms with Crippen LogP contribution in [0.1, 0.15) is 24.2 Å². The Labute approximate surface area is 124 Å². The molecule has 1 aromatic rings. The number of nitrogens with one attached hydrogen (secondary N) is 1. The second-order valence-electron chi connectivity index (χ2n) is 5.37. The Balaban J connectivity index is 1.72. The number of carbonyl (C=O) groups is 2. The Morgan fingerprint density at radius 1 is 1.38 bits per heavy atom. The second-order valence-corrected chi connectivity index (χ2v) is 5.37. The van der Waals surface area contributed by atoms with Gasteiger partial charge in [-0.3, -0.25) is 14.6 Å². The van der Waals surface area contributed by atoms with Gasteiger partial charge < -0.3 is 15.3 Å². The van der Waals surface area contributed by atoms with Crippen molar-refractivity contribution in [1.29, 1.82) is 0 Å². The van der Waals surface area contributed by atoms with Crippen molar-refractivity contribution >= 4 is 11.9 Å². The average Bonchev–Trinajstić information content (AvgIpc) is 2.47. The summed E-state index contributed by atoms with van der Waals surface area (Å²) in [6.07, 6.45) is 1.08. The maximum absolute atomic E-state index is 12.0. The number of carboxylic acid groups (broad SMARTS) is 1. The highest BCUT2D eigenvalue weighted by atomic mass is 16.4. The fourth-order valence-corrected chi connectivity index (χ4v) is 2.48. The fourth-order valence-electron chi connectivity index (χ4n) is 2.48. The van der Waals surface area contributed by atoms with Gasteiger partial charge >= 0.3 is 5.97 Å². The lowest BCUT2D eigenvalue weighted by molar-refractivity contribution is -0.145. The molecule has 0 saturated carbocycles. The van der Waals surface area contributed by atoms with Crippen LogP contribution in [0.15, 0.2) is 18.2 Å². The molecule has 1 amide bonds. The number of carboxylic acids is 1. The van der Waals surface area contributed by atoms with Crippen molar-refractivity contribution in [2.75, 3.05) is 19.6 Å². The molecule has 2 N–H and O–H groups in total. The van der Waals surface area contributed by atoms with E-state index in [9.17, 15) is 9.59 Å². The number of likely N-dealkylation sites (tertiary alicyclic amines) is 1. The lowest BCUT2D eigenvalue weighted by Crippen LogP contribution is -2.44. The fraction of sp³-hybridized carbons (Fsp3) is 0.533. The lowest BCUT2D eigenvalue weighted by atomic mass is 9.97. The minimum atomic E-state index is -0.759. The van der Waals surface area contributed by atoms with E-state index in [1.165, 1.54) is 0 Å². The normalized spacial score (nSPS) is 16.0. The first kappa shape index (κ1) is 15.4. The number of aromatic nitrogens is 1. The molecule has 1 aliphatic rings. The van der Waals surface area contributed by atoms with Crippen molar-refractivity contribution in [2.24, 2.45) is 5.92 Å². The van der Waals surface area contributed by atoms with E-state index in [2.05, 4.69) is 10.3 Å². The Morgan fingerprint density at radius 3 is 2.71 bits per heavy atom. The Hall–Kier alpha value is -1.95. The van der Waals surface area contributed by atoms with E-state index in [0.29, 0.717) is 32.5 Å². The number of aryl methyl sites for hydroxylation is 1. The second kappa shape index (κ2) is 7.17. The van der Waals surface area contributed by atoms with Crippen molar-refractivity contribution in [3.8, 4) is 0 Å². The van der Waals surface area contributed by atoms with Crippen LogP contribution in [0.5, 0.6) is 0 Å². The molecule has 114 valence electrons. The number of amides is 1. The molecule has 1 aromatic heterocycles. The molecule has 0 aliphatic carbocycles. The zero-order valence-electron chi connectivity index (χ0n) is 12.2. The molecule has 6 heteroatoms. The molecule has 2 heterocycles. The van der Waals surface area contributed by atoms with Crippen molar-refractivity contribution < 1.29 is 14.7 Å². The molecular formula is C15H21N3O3. The average molecular weight is 291 g/mol. The number of hydrogen-bond acceptors (Lipinski definition) is 4. The predicted molar refractivity (Wildman–Crippen MR) is 77.6 cm³/mol. The van der Waals surface area contributed by atoms with Crippen LogP contribution < -0.4 is 5.32 Å². The monoisotopic (exact) mass is 291 g/mol. The van der Waals surface area contributed by atoms with E-state index in [4.69, 9.17) is 5.11 Å². The smallest absolute Gasteiger partial charge is 0.306 e. The summed E-state index contributed by atoms with van der Waals surface area (Å²) in [4.78, 5) is 29.0. The van der Waals surface area contributed by atoms with Crippen molar-refractivity contribution in [2.45, 2.75) is 26.3 Å². The van der Waals surface area contributed by atoms with E-state index in [0.717, 1.165) is 11.4 Å². The highest BCUT2D eigenvalue weighted by Crippen LogP contribution is 2.17. The Kier molecular flexibility index (Phi) is 5.27. The lowest BCUT2D eigenvalue weighted by Gasteiger charge is -2.30. The number of hydrogen-bond donors (Lipinski definition) is 2. The highest BCUT2D eigenvalue weighted by molar-refractivity contribution is 5.78. The summed E-state index contributed by atoms with van der Waals surface area (Å²) in [5.41, 5.74) is 1.86. The zero-order chi connectivity index (χ0) is 15.2. The summed E-state index contributed by atoms with van der Waals surface area (Å²) < 4.78 is 0. The van der Waals surface area contributed by atoms with E-state index in [1.54, 1.807) is 4.90 Å². The van der Waals surface area contributed by atoms with Gasteiger partial charge in [-0.05, 0) is 31.9 Å². The van der Waals surface area contributed by atoms with Gasteiger partial charge in [0.15, 0.2) is 0 Å². The minimum Gasteiger partial charge on any atom is -0.481 e. The molecule has 21 heavy (non-hydrogen) atoms. The van der Waals surface area contributed by atoms with E-state index in [1.807, 2.05) is 25.1 Å². The van der Waals surface area contributed by atoms with Crippen LogP contribution in [-0.2, 0) is 16.1 Å². The van der Waals surface area contributed by atoms with Crippen LogP contribution in [0.4, 0.5) is 0 Å². The number of nitrogens with zero attached hydrogens (tertiary/aromatic N) is 2. The Morgan fingerprint density at radius 2 is 2.10 bits per heavy atom. The number of rotatable bonds is 5. The van der Waals surface area contributed by atoms with Gasteiger partial charge in [0.2, 0.25) is 5.91 Å². The van der Waals surface area contributed by atoms with Crippen LogP contribution in [-0.4, -0.2) is 46.5 Å². The molecule has 1 saturated heterocycles. The van der Waals surface area contributed by atoms with E-state index < -0.39 is 5.97 Å². The maximum Gasteiger partial charge on any atom is 0.306 e. The SMILES string of the molecule is Cc1cccc(CNCC(=O)N2CCC(C(=O)O)CC2)n1. The van der Waals surface area contributed by atoms with Gasteiger partial charge in [-0.2, -0.15) is 0 Å². The number of pyridine rings is 1. The molecule has 0 aromatic carbocycles. The summed E-state index contributed by atoms with van der Waals surface area (Å²) in [5, 5.41) is 12.0. The highest BCUT2D eigenvalue weighted by Gasteiger charge is 2.26. The topological polar surface area (TPSA) is 82.5 Å². The first-order valence-corrected chi connectivity index (χ1v) is 7.20. The number of carbonyl (C=O) groups excluding carboxylic acids is 1. The van der Waals surface area contributed by atoms with Gasteiger partial charge in [0, 0.05) is 25.3 Å². The predicted octanol–water partition coefficient (Wildman–Crippen LogP) is 0.803. The van der Waals surface area contributed by atoms with Crippen molar-refractivity contribution in [3.05, 3.63) is 29.6 Å². The van der Waals surface area contributed by atoms with E-state index in [-0.39, 0.29) is 18.4 Å². The molecule has 0 bridgehead atoms. The van der Waals surface area contributed by atoms with Crippen LogP contribution in [0.25, 0.3) is 0 Å². The van der Waals surface area contributed by atoms with Crippen molar-refractivity contribution in [1.82, 2.24) is 15.2 Å². The molecule has 1 aliphatic heterocycles. The van der Waals surface area contributed by atoms with E-state index >= 15 is 0 Å². The summed E-state index contributed by atoms with van der Waals surface area (Å²) in [5.74, 6) is -1.05. The molecule has 6 nitrogen and oxygen atoms in total. The number of piperidine rings is 1. The molecule has 2 rings (SSSR count). The third-order valence-corrected chi connectivity index (χ3v) is 3.73. The van der Waals surface area contributed by atoms with Crippen LogP contribution >= 0.6 is 0 Å². The van der Waals surface area contributed by atoms with Gasteiger partial charge in [-0.25, -0.2) is 0 Å². The molecule has 0 atom stereocenters. The Bertz CT molecular complexity index is 511. The van der Waals surface area contributed by atoms with Gasteiger partial charge in [0.05, 0.1) is 18.2 Å². The van der Waals surface area contributed by atoms with Crippen LogP contribution in [0.2, 0.25) is 0 Å².